The maximum atomic E-state index is 13.2. The van der Waals surface area contributed by atoms with E-state index >= 15 is 0 Å². The van der Waals surface area contributed by atoms with Gasteiger partial charge in [-0.3, -0.25) is 0 Å². The Labute approximate surface area is 116 Å². The zero-order chi connectivity index (χ0) is 15.5. The van der Waals surface area contributed by atoms with Crippen LogP contribution in [0.15, 0.2) is 4.52 Å². The van der Waals surface area contributed by atoms with E-state index in [-0.39, 0.29) is 38.4 Å². The lowest BCUT2D eigenvalue weighted by molar-refractivity contribution is -0.191. The van der Waals surface area contributed by atoms with Gasteiger partial charge in [0.15, 0.2) is 11.2 Å². The first-order valence-electron chi connectivity index (χ1n) is 6.31. The summed E-state index contributed by atoms with van der Waals surface area (Å²) in [5.74, 6) is -0.487. The largest absolute Gasteiger partial charge is 0.404 e. The van der Waals surface area contributed by atoms with E-state index in [4.69, 9.17) is 4.52 Å². The van der Waals surface area contributed by atoms with Gasteiger partial charge in [-0.25, -0.2) is 8.78 Å². The molecule has 1 aromatic rings. The summed E-state index contributed by atoms with van der Waals surface area (Å²) in [5, 5.41) is 6.09. The van der Waals surface area contributed by atoms with Gasteiger partial charge in [0.2, 0.25) is 5.89 Å². The van der Waals surface area contributed by atoms with E-state index < -0.39 is 30.5 Å². The summed E-state index contributed by atoms with van der Waals surface area (Å²) in [6.45, 7) is -0.962. The average Bonchev–Trinajstić information content (AvgIpc) is 3.02. The first kappa shape index (κ1) is 16.1. The highest BCUT2D eigenvalue weighted by atomic mass is 19.4. The number of nitrogens with one attached hydrogen (secondary N) is 1. The minimum Gasteiger partial charge on any atom is -0.375 e. The molecule has 0 amide bonds. The minimum absolute atomic E-state index is 0.00907. The quantitative estimate of drug-likeness (QED) is 0.639. The van der Waals surface area contributed by atoms with Crippen molar-refractivity contribution in [1.29, 1.82) is 0 Å². The maximum Gasteiger partial charge on any atom is 0.404 e. The Hall–Kier alpha value is -1.29. The van der Waals surface area contributed by atoms with Crippen LogP contribution in [0.3, 0.4) is 0 Å². The third-order valence-electron chi connectivity index (χ3n) is 3.29. The van der Waals surface area contributed by atoms with Crippen LogP contribution in [-0.4, -0.2) is 49.0 Å². The average molecular weight is 315 g/mol. The van der Waals surface area contributed by atoms with Gasteiger partial charge in [-0.15, -0.1) is 0 Å². The maximum absolute atomic E-state index is 13.2. The molecule has 120 valence electrons. The molecule has 0 spiro atoms. The van der Waals surface area contributed by atoms with Gasteiger partial charge in [-0.2, -0.15) is 18.2 Å². The van der Waals surface area contributed by atoms with Crippen molar-refractivity contribution in [3.63, 3.8) is 0 Å². The van der Waals surface area contributed by atoms with Gasteiger partial charge in [0.1, 0.15) is 6.61 Å². The lowest BCUT2D eigenvalue weighted by atomic mass is 9.86. The van der Waals surface area contributed by atoms with E-state index in [1.807, 2.05) is 0 Å². The van der Waals surface area contributed by atoms with Crippen LogP contribution < -0.4 is 5.32 Å². The van der Waals surface area contributed by atoms with Crippen LogP contribution in [0.5, 0.6) is 0 Å². The van der Waals surface area contributed by atoms with Crippen LogP contribution >= 0.6 is 0 Å². The van der Waals surface area contributed by atoms with Crippen LogP contribution in [-0.2, 0) is 16.6 Å². The molecule has 1 unspecified atom stereocenters. The molecule has 0 bridgehead atoms. The highest BCUT2D eigenvalue weighted by Gasteiger charge is 2.61. The normalized spacial score (nSPS) is 23.1. The Balaban J connectivity index is 2.01. The topological polar surface area (TPSA) is 60.2 Å². The van der Waals surface area contributed by atoms with Crippen LogP contribution in [0.1, 0.15) is 18.1 Å². The van der Waals surface area contributed by atoms with Crippen molar-refractivity contribution in [2.45, 2.75) is 30.9 Å². The molecule has 2 rings (SSSR count). The van der Waals surface area contributed by atoms with Crippen molar-refractivity contribution in [2.24, 2.45) is 0 Å². The van der Waals surface area contributed by atoms with E-state index in [1.165, 1.54) is 0 Å². The van der Waals surface area contributed by atoms with E-state index in [0.717, 1.165) is 0 Å². The van der Waals surface area contributed by atoms with Crippen molar-refractivity contribution < 1.29 is 31.2 Å². The molecular weight excluding hydrogens is 301 g/mol. The smallest absolute Gasteiger partial charge is 0.375 e. The molecule has 21 heavy (non-hydrogen) atoms. The second kappa shape index (κ2) is 6.22. The number of hydrogen-bond acceptors (Lipinski definition) is 5. The highest BCUT2D eigenvalue weighted by molar-refractivity contribution is 5.14. The summed E-state index contributed by atoms with van der Waals surface area (Å²) in [7, 11) is 0. The summed E-state index contributed by atoms with van der Waals surface area (Å²) in [5.41, 5.74) is -2.18. The molecule has 1 atom stereocenters. The molecule has 5 nitrogen and oxygen atoms in total. The Morgan fingerprint density at radius 3 is 2.71 bits per heavy atom. The second-order valence-corrected chi connectivity index (χ2v) is 4.74. The predicted octanol–water partition coefficient (Wildman–Crippen LogP) is 1.69. The third kappa shape index (κ3) is 3.49. The number of nitrogens with zero attached hydrogens (tertiary/aromatic N) is 2. The van der Waals surface area contributed by atoms with Crippen molar-refractivity contribution in [3.8, 4) is 0 Å². The monoisotopic (exact) mass is 315 g/mol. The van der Waals surface area contributed by atoms with E-state index in [2.05, 4.69) is 20.2 Å². The van der Waals surface area contributed by atoms with Crippen LogP contribution in [0.25, 0.3) is 0 Å². The standard InChI is InChI=1S/C11H14F5N3O2/c12-7(13)5-20-4-1-8-18-9(21-19-8)10(11(14,15)16)2-3-17-6-10/h7,17H,1-6H2. The SMILES string of the molecule is FC(F)COCCc1noc(C2(C(F)(F)F)CCNC2)n1. The van der Waals surface area contributed by atoms with E-state index in [1.54, 1.807) is 0 Å². The molecule has 1 saturated heterocycles. The summed E-state index contributed by atoms with van der Waals surface area (Å²) < 4.78 is 72.7. The zero-order valence-electron chi connectivity index (χ0n) is 10.9. The summed E-state index contributed by atoms with van der Waals surface area (Å²) >= 11 is 0. The number of ether oxygens (including phenoxy) is 1. The molecule has 1 aliphatic heterocycles. The molecule has 1 fully saturated rings. The van der Waals surface area contributed by atoms with Crippen molar-refractivity contribution in [1.82, 2.24) is 15.5 Å². The first-order chi connectivity index (χ1) is 9.85. The summed E-state index contributed by atoms with van der Waals surface area (Å²) in [6, 6.07) is 0. The minimum atomic E-state index is -4.51. The van der Waals surface area contributed by atoms with Crippen LogP contribution in [0.4, 0.5) is 22.0 Å². The fourth-order valence-electron chi connectivity index (χ4n) is 2.12. The molecule has 2 heterocycles. The van der Waals surface area contributed by atoms with Crippen molar-refractivity contribution in [2.75, 3.05) is 26.3 Å². The molecule has 0 aromatic carbocycles. The fraction of sp³-hybridized carbons (Fsp3) is 0.818. The Morgan fingerprint density at radius 2 is 2.14 bits per heavy atom. The summed E-state index contributed by atoms with van der Waals surface area (Å²) in [6.07, 6.45) is -7.27. The number of alkyl halides is 5. The fourth-order valence-corrected chi connectivity index (χ4v) is 2.12. The van der Waals surface area contributed by atoms with E-state index in [9.17, 15) is 22.0 Å². The van der Waals surface area contributed by atoms with Gasteiger partial charge in [0, 0.05) is 13.0 Å². The second-order valence-electron chi connectivity index (χ2n) is 4.74. The van der Waals surface area contributed by atoms with Crippen LogP contribution in [0, 0.1) is 0 Å². The molecule has 0 radical (unpaired) electrons. The summed E-state index contributed by atoms with van der Waals surface area (Å²) in [4.78, 5) is 3.74. The van der Waals surface area contributed by atoms with Crippen LogP contribution in [0.2, 0.25) is 0 Å². The predicted molar refractivity (Wildman–Crippen MR) is 60.0 cm³/mol. The Kier molecular flexibility index (Phi) is 4.77. The Morgan fingerprint density at radius 1 is 1.38 bits per heavy atom. The molecule has 10 heteroatoms. The van der Waals surface area contributed by atoms with Gasteiger partial charge in [0.25, 0.3) is 6.43 Å². The van der Waals surface area contributed by atoms with Gasteiger partial charge in [-0.05, 0) is 13.0 Å². The van der Waals surface area contributed by atoms with Gasteiger partial charge >= 0.3 is 6.18 Å². The molecule has 1 aliphatic rings. The van der Waals surface area contributed by atoms with E-state index in [0.29, 0.717) is 0 Å². The number of aromatic nitrogens is 2. The highest BCUT2D eigenvalue weighted by Crippen LogP contribution is 2.44. The number of rotatable bonds is 6. The molecule has 1 aromatic heterocycles. The number of hydrogen-bond donors (Lipinski definition) is 1. The lowest BCUT2D eigenvalue weighted by Crippen LogP contribution is -2.44. The van der Waals surface area contributed by atoms with Crippen molar-refractivity contribution >= 4 is 0 Å². The molecule has 0 saturated carbocycles. The molecule has 0 aliphatic carbocycles. The van der Waals surface area contributed by atoms with Gasteiger partial charge < -0.3 is 14.6 Å². The zero-order valence-corrected chi connectivity index (χ0v) is 10.9. The molecule has 1 N–H and O–H groups in total. The van der Waals surface area contributed by atoms with Crippen molar-refractivity contribution in [3.05, 3.63) is 11.7 Å². The number of halogens is 5. The lowest BCUT2D eigenvalue weighted by Gasteiger charge is -2.26. The van der Waals surface area contributed by atoms with Gasteiger partial charge in [-0.1, -0.05) is 5.16 Å². The molecular formula is C11H14F5N3O2. The van der Waals surface area contributed by atoms with Gasteiger partial charge in [0.05, 0.1) is 6.61 Å². The first-order valence-corrected chi connectivity index (χ1v) is 6.31. The third-order valence-corrected chi connectivity index (χ3v) is 3.29. The Bertz CT molecular complexity index is 457.